The number of hydrogen-bond donors (Lipinski definition) is 7. The van der Waals surface area contributed by atoms with Crippen LogP contribution >= 0.6 is 55.9 Å². The van der Waals surface area contributed by atoms with Gasteiger partial charge in [0.1, 0.15) is 53.8 Å². The summed E-state index contributed by atoms with van der Waals surface area (Å²) in [6, 6.07) is 8.94. The molecule has 0 aromatic heterocycles. The van der Waals surface area contributed by atoms with Gasteiger partial charge in [-0.15, -0.1) is 0 Å². The minimum absolute atomic E-state index is 0.0369. The number of ether oxygens (including phenoxy) is 11. The molecule has 2 aromatic rings. The summed E-state index contributed by atoms with van der Waals surface area (Å²) in [5.74, 6) is 11.2. The Labute approximate surface area is 564 Å². The lowest BCUT2D eigenvalue weighted by molar-refractivity contribution is -0.342. The van der Waals surface area contributed by atoms with Crippen molar-refractivity contribution in [2.24, 2.45) is 17.3 Å². The smallest absolute Gasteiger partial charge is 0.229 e. The molecule has 506 valence electrons. The van der Waals surface area contributed by atoms with E-state index in [0.29, 0.717) is 32.6 Å². The van der Waals surface area contributed by atoms with Gasteiger partial charge in [0.05, 0.1) is 83.2 Å². The minimum Gasteiger partial charge on any atom is -0.492 e. The molecule has 2 saturated carbocycles. The standard InChI is InChI=1S/C66H87IN2O20S3/c1-14-68-41-31-82-46(29-45(41)78-10)87-58-53(74)51(69-89-47-28-42(71)60(37(7)83-47)91-61(76)48-34(4)50(67)56(59(81-13)55(48)79-11)88-62-54(75)57(80-12)52(73)36(6)85-62)35(5)84-63(58)86-44-22-18-19-32(2)23-25-65-40(27-33(3)70)43(72)30-66(65,77)39(49(44)65)24-26-90-92-64(8,9)38-20-16-15-17-21-38/h15-17,19-21,24,35-37,40-42,44-47,49,51-54,57-58,60,62-63,68-69,71,73-75,77H,14,26-31H2,1-13H3/b32-19-,39-24+/t35-,36+,37-,40?,41+,42+,44+,45+,46+,47+,49?,51-,52+,53+,54-,57-,58-,60-,62+,63+,65?,66+/m1/s1. The number of carbonyl (C=O) groups excluding carboxylic acids is 3. The van der Waals surface area contributed by atoms with Crippen molar-refractivity contribution in [2.75, 3.05) is 47.3 Å². The molecule has 3 unspecified atom stereocenters. The van der Waals surface area contributed by atoms with Gasteiger partial charge in [0, 0.05) is 67.8 Å². The molecule has 4 saturated heterocycles. The first-order valence-corrected chi connectivity index (χ1v) is 35.2. The Morgan fingerprint density at radius 3 is 2.26 bits per heavy atom. The third-order valence-electron chi connectivity index (χ3n) is 18.4. The summed E-state index contributed by atoms with van der Waals surface area (Å²) in [4.78, 5) is 48.2. The van der Waals surface area contributed by atoms with E-state index in [1.54, 1.807) is 69.4 Å². The van der Waals surface area contributed by atoms with Crippen LogP contribution in [0.5, 0.6) is 17.2 Å². The molecular weight excluding hydrogens is 1360 g/mol. The highest BCUT2D eigenvalue weighted by Gasteiger charge is 2.78. The Kier molecular flexibility index (Phi) is 24.5. The predicted octanol–water partition coefficient (Wildman–Crippen LogP) is 5.85. The second kappa shape index (κ2) is 31.0. The molecule has 7 aliphatic rings. The zero-order chi connectivity index (χ0) is 66.7. The van der Waals surface area contributed by atoms with Crippen LogP contribution in [0.15, 0.2) is 53.6 Å². The van der Waals surface area contributed by atoms with Gasteiger partial charge >= 0.3 is 0 Å². The van der Waals surface area contributed by atoms with Gasteiger partial charge in [0.2, 0.25) is 17.2 Å². The molecule has 26 heteroatoms. The number of Topliss-reactive ketones (excluding diaryl/α,β-unsaturated/α-hetero) is 2. The third-order valence-corrected chi connectivity index (χ3v) is 24.2. The number of halogens is 1. The van der Waals surface area contributed by atoms with Crippen molar-refractivity contribution in [1.82, 2.24) is 10.8 Å². The molecule has 22 atom stereocenters. The van der Waals surface area contributed by atoms with Gasteiger partial charge < -0.3 is 87.7 Å². The number of hydrogen-bond acceptors (Lipinski definition) is 25. The van der Waals surface area contributed by atoms with Gasteiger partial charge in [-0.3, -0.25) is 14.4 Å². The summed E-state index contributed by atoms with van der Waals surface area (Å²) in [7, 11) is 8.98. The van der Waals surface area contributed by atoms with Gasteiger partial charge in [0.25, 0.3) is 0 Å². The largest absolute Gasteiger partial charge is 0.492 e. The van der Waals surface area contributed by atoms with Crippen LogP contribution < -0.4 is 25.0 Å². The normalized spacial score (nSPS) is 37.9. The third kappa shape index (κ3) is 14.7. The average Bonchev–Trinajstić information content (AvgIpc) is 1.43. The molecule has 2 aromatic carbocycles. The molecule has 92 heavy (non-hydrogen) atoms. The molecule has 9 rings (SSSR count). The number of allylic oxidation sites excluding steroid dienone is 2. The van der Waals surface area contributed by atoms with Crippen LogP contribution in [0, 0.1) is 51.4 Å². The number of likely N-dealkylation sites (N-methyl/N-ethyl adjacent to an activating group) is 1. The van der Waals surface area contributed by atoms with E-state index in [0.717, 1.165) is 17.3 Å². The fourth-order valence-electron chi connectivity index (χ4n) is 13.6. The van der Waals surface area contributed by atoms with Crippen LogP contribution in [0.25, 0.3) is 0 Å². The summed E-state index contributed by atoms with van der Waals surface area (Å²) >= 11 is 2.86. The molecule has 0 amide bonds. The average molecular weight is 1450 g/mol. The topological polar surface area (TPSA) is 287 Å². The van der Waals surface area contributed by atoms with Crippen molar-refractivity contribution in [3.8, 4) is 40.9 Å². The van der Waals surface area contributed by atoms with Gasteiger partial charge in [-0.2, -0.15) is 5.48 Å². The van der Waals surface area contributed by atoms with Crippen LogP contribution in [-0.2, 0) is 57.1 Å². The molecule has 3 aliphatic carbocycles. The zero-order valence-electron chi connectivity index (χ0n) is 54.0. The van der Waals surface area contributed by atoms with Crippen LogP contribution in [0.3, 0.4) is 0 Å². The first-order chi connectivity index (χ1) is 43.8. The molecule has 4 heterocycles. The van der Waals surface area contributed by atoms with Crippen LogP contribution in [0.4, 0.5) is 0 Å². The highest BCUT2D eigenvalue weighted by molar-refractivity contribution is 14.1. The molecule has 22 nitrogen and oxygen atoms in total. The Hall–Kier alpha value is -3.41. The van der Waals surface area contributed by atoms with Crippen molar-refractivity contribution in [2.45, 2.75) is 208 Å². The predicted molar refractivity (Wildman–Crippen MR) is 352 cm³/mol. The maximum atomic E-state index is 14.5. The van der Waals surface area contributed by atoms with Crippen LogP contribution in [-0.4, -0.2) is 205 Å². The zero-order valence-corrected chi connectivity index (χ0v) is 58.6. The second-order valence-electron chi connectivity index (χ2n) is 24.8. The number of aliphatic hydroxyl groups excluding tert-OH is 4. The SMILES string of the molecule is CCN[C@H]1CO[C@@H](O[C@H]2[C@H](O[C@H]3C#C/C=C(/C)C#CC45C(CC(C)=O)C(=O)C[C@]4(O)/C(=C/CSSC(C)(C)c4ccccc4)C35)O[C@H](C)[C@@H](NO[C@H]3C[C@H](O)[C@H](SC(=O)c4c(C)c(I)c(O[C@@H]5O[C@@H](C)[C@H](O)[C@@H](OC)[C@H]5O)c(OC)c4OC)[C@@H](C)O3)[C@@H]2O)C[C@@H]1OC. The fourth-order valence-corrected chi connectivity index (χ4v) is 17.8. The fraction of sp³-hybridized carbons (Fsp3) is 0.652. The first-order valence-electron chi connectivity index (χ1n) is 30.9. The maximum Gasteiger partial charge on any atom is 0.229 e. The minimum atomic E-state index is -1.77. The molecule has 1 spiro atoms. The number of aliphatic hydroxyl groups is 5. The van der Waals surface area contributed by atoms with Crippen molar-refractivity contribution in [3.05, 3.63) is 73.9 Å². The second-order valence-corrected chi connectivity index (χ2v) is 30.0. The van der Waals surface area contributed by atoms with E-state index in [1.807, 2.05) is 53.8 Å². The Morgan fingerprint density at radius 2 is 1.60 bits per heavy atom. The quantitative estimate of drug-likeness (QED) is 0.0162. The number of rotatable bonds is 24. The lowest BCUT2D eigenvalue weighted by Gasteiger charge is -2.60. The van der Waals surface area contributed by atoms with Crippen LogP contribution in [0.1, 0.15) is 103 Å². The summed E-state index contributed by atoms with van der Waals surface area (Å²) in [6.45, 7) is 17.1. The number of benzene rings is 2. The van der Waals surface area contributed by atoms with E-state index >= 15 is 0 Å². The molecular formula is C66H87IN2O20S3. The first kappa shape index (κ1) is 72.8. The van der Waals surface area contributed by atoms with Gasteiger partial charge in [-0.25, -0.2) is 0 Å². The van der Waals surface area contributed by atoms with Crippen molar-refractivity contribution < 1.29 is 96.9 Å². The lowest BCUT2D eigenvalue weighted by Crippen LogP contribution is -2.69. The number of thioether (sulfide) groups is 1. The summed E-state index contributed by atoms with van der Waals surface area (Å²) in [6.07, 6.45) is -12.9. The Morgan fingerprint density at radius 1 is 0.880 bits per heavy atom. The number of carbonyl (C=O) groups is 3. The molecule has 0 bridgehead atoms. The van der Waals surface area contributed by atoms with Gasteiger partial charge in [-0.05, 0) is 107 Å². The van der Waals surface area contributed by atoms with Crippen molar-refractivity contribution in [1.29, 1.82) is 0 Å². The van der Waals surface area contributed by atoms with Crippen molar-refractivity contribution >= 4 is 72.6 Å². The highest BCUT2D eigenvalue weighted by atomic mass is 127. The molecule has 6 fully saturated rings. The lowest BCUT2D eigenvalue weighted by atomic mass is 9.44. The summed E-state index contributed by atoms with van der Waals surface area (Å²) < 4.78 is 68.4. The molecule has 0 radical (unpaired) electrons. The van der Waals surface area contributed by atoms with Gasteiger partial charge in [0.15, 0.2) is 30.4 Å². The maximum absolute atomic E-state index is 14.5. The monoisotopic (exact) mass is 1450 g/mol. The van der Waals surface area contributed by atoms with E-state index in [-0.39, 0.29) is 83.6 Å². The van der Waals surface area contributed by atoms with Crippen molar-refractivity contribution in [3.63, 3.8) is 0 Å². The molecule has 4 aliphatic heterocycles. The van der Waals surface area contributed by atoms with Gasteiger partial charge in [-0.1, -0.05) is 100 Å². The van der Waals surface area contributed by atoms with E-state index in [4.69, 9.17) is 56.9 Å². The van der Waals surface area contributed by atoms with E-state index in [1.165, 1.54) is 28.3 Å². The summed E-state index contributed by atoms with van der Waals surface area (Å²) in [5, 5.41) is 61.4. The Bertz CT molecular complexity index is 3160. The number of ketones is 2. The Balaban J connectivity index is 0.949. The number of methoxy groups -OCH3 is 4. The molecule has 7 N–H and O–H groups in total. The highest BCUT2D eigenvalue weighted by Crippen LogP contribution is 2.70. The van der Waals surface area contributed by atoms with E-state index in [2.05, 4.69) is 60.5 Å². The number of nitrogens with one attached hydrogen (secondary N) is 2. The van der Waals surface area contributed by atoms with Crippen LogP contribution in [0.2, 0.25) is 0 Å². The number of hydroxylamine groups is 1. The summed E-state index contributed by atoms with van der Waals surface area (Å²) in [5.41, 5.74) is 2.49. The van der Waals surface area contributed by atoms with E-state index in [9.17, 15) is 39.9 Å². The van der Waals surface area contributed by atoms with E-state index < -0.39 is 125 Å².